The minimum atomic E-state index is -1.58. The van der Waals surface area contributed by atoms with Crippen LogP contribution in [0.25, 0.3) is 0 Å². The van der Waals surface area contributed by atoms with Gasteiger partial charge in [0.2, 0.25) is 11.8 Å². The van der Waals surface area contributed by atoms with Crippen LogP contribution in [-0.2, 0) is 39.8 Å². The lowest BCUT2D eigenvalue weighted by Crippen LogP contribution is -2.60. The Balaban J connectivity index is 0.000000606. The molecule has 0 aromatic heterocycles. The highest BCUT2D eigenvalue weighted by Gasteiger charge is 2.64. The molecule has 2 fully saturated rings. The van der Waals surface area contributed by atoms with Gasteiger partial charge in [0.05, 0.1) is 23.2 Å². The van der Waals surface area contributed by atoms with Gasteiger partial charge in [-0.05, 0) is 78.0 Å². The van der Waals surface area contributed by atoms with Crippen LogP contribution in [0.2, 0.25) is 5.02 Å². The maximum absolute atomic E-state index is 13.9. The average molecular weight is 909 g/mol. The Morgan fingerprint density at radius 3 is 2.44 bits per heavy atom. The third-order valence-corrected chi connectivity index (χ3v) is 16.2. The zero-order valence-corrected chi connectivity index (χ0v) is 40.9. The Hall–Kier alpha value is -3.04. The van der Waals surface area contributed by atoms with Crippen LogP contribution >= 0.6 is 33.2 Å². The Morgan fingerprint density at radius 2 is 1.82 bits per heavy atom. The number of anilines is 1. The van der Waals surface area contributed by atoms with E-state index in [1.54, 1.807) is 27.8 Å². The first-order valence-corrected chi connectivity index (χ1v) is 24.2. The highest BCUT2D eigenvalue weighted by molar-refractivity contribution is 8.77. The van der Waals surface area contributed by atoms with E-state index in [0.29, 0.717) is 34.1 Å². The first-order valence-electron chi connectivity index (χ1n) is 21.5. The second-order valence-electron chi connectivity index (χ2n) is 17.5. The van der Waals surface area contributed by atoms with Crippen molar-refractivity contribution in [1.82, 2.24) is 10.2 Å². The fourth-order valence-corrected chi connectivity index (χ4v) is 10.1. The predicted octanol–water partition coefficient (Wildman–Crippen LogP) is 9.16. The summed E-state index contributed by atoms with van der Waals surface area (Å²) in [5.41, 5.74) is 0.581. The first kappa shape index (κ1) is 52.3. The Morgan fingerprint density at radius 1 is 1.15 bits per heavy atom. The van der Waals surface area contributed by atoms with Crippen molar-refractivity contribution >= 4 is 68.5 Å². The van der Waals surface area contributed by atoms with Gasteiger partial charge in [0, 0.05) is 62.1 Å². The number of benzene rings is 1. The molecule has 0 spiro atoms. The van der Waals surface area contributed by atoms with Crippen molar-refractivity contribution in [3.8, 4) is 0 Å². The number of hydrogen-bond donors (Lipinski definition) is 2. The Kier molecular flexibility index (Phi) is 19.3. The van der Waals surface area contributed by atoms with Crippen LogP contribution in [0, 0.1) is 18.8 Å². The largest absolute Gasteiger partial charge is 0.457 e. The number of aryl methyl sites for hydroxylation is 1. The maximum atomic E-state index is 13.9. The standard InChI is InChI=1S/C35H48ClN3O8.C11H22OS2/c1-10-28(40)38(8)23(6)32(42)46-27-17-29(41)39(9)25-16-24(15-20(3)30(25)36)14-19(2)12-11-13-21(4)35(44)18-26(45-33(43)37-35)22(5)31-34(27,7)47-31;1-5-10(12)8-7-9-13-14-11(3,4)6-2/h11-13,15-16,21-23,26-27,31,44H,10,14,17-18H2,1-9H3,(H,37,43);5-9H2,1-4H3/b13-11+,19-12+;/t21?,22?,23-,26?,27?,31?,34?,35?;/m0./s1. The molecule has 342 valence electrons. The van der Waals surface area contributed by atoms with E-state index in [2.05, 4.69) is 26.1 Å². The minimum Gasteiger partial charge on any atom is -0.457 e. The molecule has 2 N–H and O–H groups in total. The van der Waals surface area contributed by atoms with Gasteiger partial charge in [-0.2, -0.15) is 0 Å². The molecule has 1 aromatic carbocycles. The fraction of sp³-hybridized carbons (Fsp3) is 0.674. The van der Waals surface area contributed by atoms with Gasteiger partial charge in [-0.25, -0.2) is 9.59 Å². The molecule has 0 radical (unpaired) electrons. The van der Waals surface area contributed by atoms with E-state index in [-0.39, 0.29) is 31.1 Å². The van der Waals surface area contributed by atoms with Crippen LogP contribution < -0.4 is 10.2 Å². The topological polar surface area (TPSA) is 155 Å². The number of ether oxygens (including phenoxy) is 3. The van der Waals surface area contributed by atoms with Crippen molar-refractivity contribution in [1.29, 1.82) is 0 Å². The van der Waals surface area contributed by atoms with Gasteiger partial charge < -0.3 is 29.1 Å². The summed E-state index contributed by atoms with van der Waals surface area (Å²) < 4.78 is 18.3. The molecule has 12 nitrogen and oxygen atoms in total. The summed E-state index contributed by atoms with van der Waals surface area (Å²) >= 11 is 6.73. The van der Waals surface area contributed by atoms with Gasteiger partial charge in [0.25, 0.3) is 0 Å². The van der Waals surface area contributed by atoms with Crippen molar-refractivity contribution in [2.45, 2.75) is 168 Å². The van der Waals surface area contributed by atoms with E-state index in [1.165, 1.54) is 23.3 Å². The van der Waals surface area contributed by atoms with E-state index in [0.717, 1.165) is 35.3 Å². The molecule has 7 unspecified atom stereocenters. The summed E-state index contributed by atoms with van der Waals surface area (Å²) in [4.78, 5) is 66.2. The van der Waals surface area contributed by atoms with Crippen LogP contribution in [0.4, 0.5) is 10.5 Å². The molecule has 2 saturated heterocycles. The predicted molar refractivity (Wildman–Crippen MR) is 247 cm³/mol. The molecule has 3 heterocycles. The number of halogens is 1. The number of allylic oxidation sites excluding steroid dienone is 3. The number of rotatable bonds is 12. The van der Waals surface area contributed by atoms with Crippen molar-refractivity contribution in [2.75, 3.05) is 24.7 Å². The number of nitrogens with zero attached hydrogens (tertiary/aromatic N) is 2. The van der Waals surface area contributed by atoms with Crippen LogP contribution in [0.5, 0.6) is 0 Å². The summed E-state index contributed by atoms with van der Waals surface area (Å²) in [6, 6.07) is 2.94. The molecule has 0 saturated carbocycles. The molecule has 1 aromatic rings. The van der Waals surface area contributed by atoms with Gasteiger partial charge in [-0.3, -0.25) is 19.7 Å². The second kappa shape index (κ2) is 22.5. The minimum absolute atomic E-state index is 0.0841. The summed E-state index contributed by atoms with van der Waals surface area (Å²) in [6.45, 7) is 21.2. The first-order chi connectivity index (χ1) is 28.4. The maximum Gasteiger partial charge on any atom is 0.409 e. The van der Waals surface area contributed by atoms with E-state index in [9.17, 15) is 29.1 Å². The third kappa shape index (κ3) is 14.2. The van der Waals surface area contributed by atoms with Crippen molar-refractivity contribution in [3.05, 3.63) is 52.1 Å². The number of carbonyl (C=O) groups is 5. The monoisotopic (exact) mass is 907 g/mol. The number of Topliss-reactive ketones (excluding diaryl/α,β-unsaturated/α-hetero) is 1. The lowest BCUT2D eigenvalue weighted by Gasteiger charge is -2.41. The van der Waals surface area contributed by atoms with E-state index in [4.69, 9.17) is 25.8 Å². The van der Waals surface area contributed by atoms with Gasteiger partial charge >= 0.3 is 12.1 Å². The number of fused-ring (bicyclic) bond motifs is 5. The Bertz CT molecular complexity index is 1810. The summed E-state index contributed by atoms with van der Waals surface area (Å²) in [5, 5.41) is 14.6. The molecular formula is C46H70ClN3O9S2. The second-order valence-corrected chi connectivity index (χ2v) is 21.0. The number of nitrogens with one attached hydrogen (secondary N) is 1. The van der Waals surface area contributed by atoms with Crippen molar-refractivity contribution in [2.24, 2.45) is 11.8 Å². The van der Waals surface area contributed by atoms with Crippen LogP contribution in [0.3, 0.4) is 0 Å². The third-order valence-electron chi connectivity index (χ3n) is 12.2. The number of amides is 3. The normalized spacial score (nSPS) is 28.7. The quantitative estimate of drug-likeness (QED) is 0.0893. The zero-order valence-electron chi connectivity index (χ0n) is 38.5. The number of alkyl carbamates (subject to hydrolysis) is 1. The number of epoxide rings is 1. The molecule has 3 aliphatic rings. The lowest BCUT2D eigenvalue weighted by molar-refractivity contribution is -0.162. The van der Waals surface area contributed by atoms with Crippen molar-refractivity contribution in [3.63, 3.8) is 0 Å². The molecule has 15 heteroatoms. The number of carbonyl (C=O) groups excluding carboxylic acids is 5. The van der Waals surface area contributed by atoms with Gasteiger partial charge in [0.1, 0.15) is 35.4 Å². The highest BCUT2D eigenvalue weighted by Crippen LogP contribution is 2.49. The number of ketones is 1. The van der Waals surface area contributed by atoms with Gasteiger partial charge in [-0.15, -0.1) is 0 Å². The molecule has 8 atom stereocenters. The molecule has 0 aliphatic carbocycles. The number of hydrogen-bond acceptors (Lipinski definition) is 11. The molecule has 3 amide bonds. The number of likely N-dealkylation sites (N-methyl/N-ethyl adjacent to an activating group) is 1. The molecule has 4 bridgehead atoms. The van der Waals surface area contributed by atoms with E-state index < -0.39 is 59.6 Å². The van der Waals surface area contributed by atoms with Crippen molar-refractivity contribution < 1.29 is 43.3 Å². The summed E-state index contributed by atoms with van der Waals surface area (Å²) in [6.07, 6.45) is 6.83. The Labute approximate surface area is 377 Å². The molecule has 4 rings (SSSR count). The summed E-state index contributed by atoms with van der Waals surface area (Å²) in [5.74, 6) is -0.688. The zero-order chi connectivity index (χ0) is 46.0. The molecular weight excluding hydrogens is 838 g/mol. The number of esters is 1. The molecule has 3 aliphatic heterocycles. The smallest absolute Gasteiger partial charge is 0.409 e. The SMILES string of the molecule is CCC(=O)CCCSSC(C)(C)CC.CCC(=O)N(C)[C@@H](C)C(=O)OC1CC(=O)N(C)c2cc(cc(C)c2Cl)C/C(C)=C/C=C/C(C)C2(O)CC(OC(=O)N2)C(C)C2OC12C. The average Bonchev–Trinajstić information content (AvgIpc) is 3.91. The lowest BCUT2D eigenvalue weighted by atomic mass is 9.82. The summed E-state index contributed by atoms with van der Waals surface area (Å²) in [7, 11) is 7.00. The van der Waals surface area contributed by atoms with Gasteiger partial charge in [-0.1, -0.05) is 97.7 Å². The van der Waals surface area contributed by atoms with E-state index >= 15 is 0 Å². The van der Waals surface area contributed by atoms with Crippen LogP contribution in [0.1, 0.15) is 125 Å². The van der Waals surface area contributed by atoms with Crippen LogP contribution in [0.15, 0.2) is 35.9 Å². The van der Waals surface area contributed by atoms with E-state index in [1.807, 2.05) is 86.6 Å². The number of aliphatic hydroxyl groups is 1. The molecule has 61 heavy (non-hydrogen) atoms. The van der Waals surface area contributed by atoms with Crippen LogP contribution in [-0.4, -0.2) is 99.9 Å². The highest BCUT2D eigenvalue weighted by atomic mass is 35.5. The van der Waals surface area contributed by atoms with Gasteiger partial charge in [0.15, 0.2) is 0 Å². The fourth-order valence-electron chi connectivity index (χ4n) is 7.17.